The SMILES string of the molecule is O=C(c1ccc(F)c(F)c1Nc1ccc(I)cc1F)N1CC(O)(CCCCCO)C1. The highest BCUT2D eigenvalue weighted by molar-refractivity contribution is 14.1. The Hall–Kier alpha value is -1.85. The molecule has 0 spiro atoms. The monoisotopic (exact) mass is 534 g/mol. The third-order valence-electron chi connectivity index (χ3n) is 5.07. The number of β-amino-alcohol motifs (C(OH)–C–C–N with tert-alkyl or cyclic N) is 1. The van der Waals surface area contributed by atoms with Crippen molar-refractivity contribution in [1.29, 1.82) is 0 Å². The van der Waals surface area contributed by atoms with Gasteiger partial charge in [0.1, 0.15) is 5.82 Å². The number of carbonyl (C=O) groups is 1. The maximum atomic E-state index is 14.5. The number of benzene rings is 2. The van der Waals surface area contributed by atoms with Crippen LogP contribution in [-0.2, 0) is 0 Å². The van der Waals surface area contributed by atoms with Gasteiger partial charge in [-0.3, -0.25) is 4.79 Å². The van der Waals surface area contributed by atoms with Crippen LogP contribution in [0.4, 0.5) is 24.5 Å². The van der Waals surface area contributed by atoms with Crippen molar-refractivity contribution in [1.82, 2.24) is 4.90 Å². The van der Waals surface area contributed by atoms with Gasteiger partial charge in [0.05, 0.1) is 35.6 Å². The van der Waals surface area contributed by atoms with Crippen molar-refractivity contribution < 1.29 is 28.2 Å². The summed E-state index contributed by atoms with van der Waals surface area (Å²) in [6.45, 7) is 0.235. The minimum Gasteiger partial charge on any atom is -0.396 e. The average Bonchev–Trinajstić information content (AvgIpc) is 2.68. The van der Waals surface area contributed by atoms with Crippen molar-refractivity contribution in [2.75, 3.05) is 25.0 Å². The maximum absolute atomic E-state index is 14.5. The molecule has 1 aliphatic heterocycles. The van der Waals surface area contributed by atoms with Crippen LogP contribution in [0.25, 0.3) is 0 Å². The predicted octanol–water partition coefficient (Wildman–Crippen LogP) is 4.19. The largest absolute Gasteiger partial charge is 0.396 e. The molecule has 1 heterocycles. The van der Waals surface area contributed by atoms with Gasteiger partial charge >= 0.3 is 0 Å². The van der Waals surface area contributed by atoms with Gasteiger partial charge in [0.25, 0.3) is 5.91 Å². The number of likely N-dealkylation sites (tertiary alicyclic amines) is 1. The van der Waals surface area contributed by atoms with Gasteiger partial charge < -0.3 is 20.4 Å². The highest BCUT2D eigenvalue weighted by Gasteiger charge is 2.43. The fourth-order valence-electron chi connectivity index (χ4n) is 3.46. The summed E-state index contributed by atoms with van der Waals surface area (Å²) >= 11 is 1.92. The molecule has 162 valence electrons. The fourth-order valence-corrected chi connectivity index (χ4v) is 3.91. The summed E-state index contributed by atoms with van der Waals surface area (Å²) in [5, 5.41) is 21.8. The number of nitrogens with zero attached hydrogens (tertiary/aromatic N) is 1. The van der Waals surface area contributed by atoms with E-state index in [2.05, 4.69) is 5.32 Å². The standard InChI is InChI=1S/C21H22F3IN2O3/c22-15-6-5-14(19(18(15)24)26-17-7-4-13(25)10-16(17)23)20(29)27-11-21(30,12-27)8-2-1-3-9-28/h4-7,10,26,28,30H,1-3,8-9,11-12H2. The van der Waals surface area contributed by atoms with E-state index in [9.17, 15) is 23.1 Å². The molecule has 1 amide bonds. The summed E-state index contributed by atoms with van der Waals surface area (Å²) < 4.78 is 43.1. The van der Waals surface area contributed by atoms with Crippen molar-refractivity contribution >= 4 is 39.9 Å². The van der Waals surface area contributed by atoms with Gasteiger partial charge in [0, 0.05) is 10.2 Å². The molecule has 3 N–H and O–H groups in total. The number of aliphatic hydroxyl groups is 2. The van der Waals surface area contributed by atoms with Crippen LogP contribution in [0.1, 0.15) is 36.0 Å². The molecule has 1 aliphatic rings. The van der Waals surface area contributed by atoms with Crippen molar-refractivity contribution in [2.45, 2.75) is 31.3 Å². The summed E-state index contributed by atoms with van der Waals surface area (Å²) in [5.74, 6) is -3.69. The highest BCUT2D eigenvalue weighted by Crippen LogP contribution is 2.33. The Morgan fingerprint density at radius 3 is 2.50 bits per heavy atom. The summed E-state index contributed by atoms with van der Waals surface area (Å²) in [5.41, 5.74) is -1.70. The fraction of sp³-hybridized carbons (Fsp3) is 0.381. The molecule has 2 aromatic carbocycles. The maximum Gasteiger partial charge on any atom is 0.256 e. The Morgan fingerprint density at radius 2 is 1.83 bits per heavy atom. The topological polar surface area (TPSA) is 72.8 Å². The normalized spacial score (nSPS) is 15.1. The van der Waals surface area contributed by atoms with Crippen molar-refractivity contribution in [3.8, 4) is 0 Å². The molecule has 1 fully saturated rings. The van der Waals surface area contributed by atoms with Crippen molar-refractivity contribution in [3.63, 3.8) is 0 Å². The van der Waals surface area contributed by atoms with E-state index >= 15 is 0 Å². The van der Waals surface area contributed by atoms with E-state index in [1.165, 1.54) is 17.0 Å². The molecule has 2 aromatic rings. The van der Waals surface area contributed by atoms with E-state index in [0.29, 0.717) is 22.8 Å². The first-order valence-electron chi connectivity index (χ1n) is 9.57. The lowest BCUT2D eigenvalue weighted by Gasteiger charge is -2.46. The Labute approximate surface area is 186 Å². The van der Waals surface area contributed by atoms with Crippen LogP contribution in [-0.4, -0.2) is 46.3 Å². The lowest BCUT2D eigenvalue weighted by molar-refractivity contribution is -0.0870. The van der Waals surface area contributed by atoms with Gasteiger partial charge in [0.15, 0.2) is 11.6 Å². The first kappa shape index (κ1) is 22.8. The van der Waals surface area contributed by atoms with Gasteiger partial charge in [0.2, 0.25) is 0 Å². The van der Waals surface area contributed by atoms with E-state index < -0.39 is 34.6 Å². The Bertz CT molecular complexity index is 936. The van der Waals surface area contributed by atoms with Crippen LogP contribution >= 0.6 is 22.6 Å². The lowest BCUT2D eigenvalue weighted by Crippen LogP contribution is -2.63. The molecule has 0 atom stereocenters. The van der Waals surface area contributed by atoms with E-state index in [-0.39, 0.29) is 30.9 Å². The highest BCUT2D eigenvalue weighted by atomic mass is 127. The quantitative estimate of drug-likeness (QED) is 0.351. The zero-order chi connectivity index (χ0) is 21.9. The molecule has 0 aliphatic carbocycles. The third kappa shape index (κ3) is 5.06. The molecule has 30 heavy (non-hydrogen) atoms. The van der Waals surface area contributed by atoms with E-state index in [0.717, 1.165) is 18.6 Å². The molecule has 9 heteroatoms. The van der Waals surface area contributed by atoms with Gasteiger partial charge in [-0.2, -0.15) is 0 Å². The minimum atomic E-state index is -1.28. The van der Waals surface area contributed by atoms with E-state index in [4.69, 9.17) is 5.11 Å². The van der Waals surface area contributed by atoms with Crippen LogP contribution in [0, 0.1) is 21.0 Å². The molecule has 5 nitrogen and oxygen atoms in total. The predicted molar refractivity (Wildman–Crippen MR) is 115 cm³/mol. The first-order chi connectivity index (χ1) is 14.2. The molecular weight excluding hydrogens is 512 g/mol. The van der Waals surface area contributed by atoms with Crippen LogP contribution in [0.15, 0.2) is 30.3 Å². The van der Waals surface area contributed by atoms with Crippen LogP contribution < -0.4 is 5.32 Å². The van der Waals surface area contributed by atoms with Gasteiger partial charge in [-0.05, 0) is 65.8 Å². The Kier molecular flexibility index (Phi) is 7.25. The van der Waals surface area contributed by atoms with E-state index in [1.807, 2.05) is 22.6 Å². The second kappa shape index (κ2) is 9.52. The molecule has 0 unspecified atom stereocenters. The zero-order valence-corrected chi connectivity index (χ0v) is 18.3. The number of rotatable bonds is 8. The molecular formula is C21H22F3IN2O3. The summed E-state index contributed by atoms with van der Waals surface area (Å²) in [6, 6.07) is 6.20. The van der Waals surface area contributed by atoms with E-state index in [1.54, 1.807) is 6.07 Å². The summed E-state index contributed by atoms with van der Waals surface area (Å²) in [4.78, 5) is 14.2. The number of carbonyl (C=O) groups excluding carboxylic acids is 1. The second-order valence-corrected chi connectivity index (χ2v) is 8.70. The number of unbranched alkanes of at least 4 members (excludes halogenated alkanes) is 2. The molecule has 0 radical (unpaired) electrons. The minimum absolute atomic E-state index is 0.0707. The Balaban J connectivity index is 1.76. The average molecular weight is 534 g/mol. The van der Waals surface area contributed by atoms with Crippen LogP contribution in [0.5, 0.6) is 0 Å². The smallest absolute Gasteiger partial charge is 0.256 e. The number of amides is 1. The first-order valence-corrected chi connectivity index (χ1v) is 10.6. The molecule has 0 aromatic heterocycles. The molecule has 0 saturated carbocycles. The van der Waals surface area contributed by atoms with Crippen LogP contribution in [0.2, 0.25) is 0 Å². The third-order valence-corrected chi connectivity index (χ3v) is 5.74. The lowest BCUT2D eigenvalue weighted by atomic mass is 9.87. The Morgan fingerprint density at radius 1 is 1.10 bits per heavy atom. The zero-order valence-electron chi connectivity index (χ0n) is 16.1. The molecule has 3 rings (SSSR count). The number of halogens is 4. The number of aliphatic hydroxyl groups excluding tert-OH is 1. The van der Waals surface area contributed by atoms with Crippen molar-refractivity contribution in [2.24, 2.45) is 0 Å². The summed E-state index contributed by atoms with van der Waals surface area (Å²) in [6.07, 6.45) is 2.61. The van der Waals surface area contributed by atoms with Crippen LogP contribution in [0.3, 0.4) is 0 Å². The van der Waals surface area contributed by atoms with Gasteiger partial charge in [-0.15, -0.1) is 0 Å². The van der Waals surface area contributed by atoms with Gasteiger partial charge in [-0.1, -0.05) is 12.8 Å². The van der Waals surface area contributed by atoms with Gasteiger partial charge in [-0.25, -0.2) is 13.2 Å². The second-order valence-electron chi connectivity index (χ2n) is 7.45. The summed E-state index contributed by atoms with van der Waals surface area (Å²) in [7, 11) is 0. The molecule has 1 saturated heterocycles. The number of hydrogen-bond acceptors (Lipinski definition) is 4. The number of anilines is 2. The van der Waals surface area contributed by atoms with Crippen molar-refractivity contribution in [3.05, 3.63) is 56.9 Å². The number of nitrogens with one attached hydrogen (secondary N) is 1. The molecule has 0 bridgehead atoms. The number of hydrogen-bond donors (Lipinski definition) is 3.